The summed E-state index contributed by atoms with van der Waals surface area (Å²) in [6, 6.07) is 5.75. The monoisotopic (exact) mass is 254 g/mol. The maximum Gasteiger partial charge on any atom is 0.324 e. The van der Waals surface area contributed by atoms with Gasteiger partial charge in [-0.15, -0.1) is 0 Å². The van der Waals surface area contributed by atoms with Crippen LogP contribution in [0.2, 0.25) is 0 Å². The average Bonchev–Trinajstić information content (AvgIpc) is 2.38. The van der Waals surface area contributed by atoms with Crippen LogP contribution in [0.25, 0.3) is 0 Å². The van der Waals surface area contributed by atoms with Gasteiger partial charge in [-0.1, -0.05) is 6.92 Å². The van der Waals surface area contributed by atoms with Crippen molar-refractivity contribution < 1.29 is 13.9 Å². The molecule has 0 saturated carbocycles. The SMILES string of the molecule is CCNC(CN(C)c1ccc(F)cc1)C(=O)OC. The van der Waals surface area contributed by atoms with Gasteiger partial charge < -0.3 is 15.0 Å². The second-order valence-electron chi connectivity index (χ2n) is 3.99. The van der Waals surface area contributed by atoms with Crippen LogP contribution in [-0.4, -0.2) is 39.3 Å². The van der Waals surface area contributed by atoms with Gasteiger partial charge in [0.25, 0.3) is 0 Å². The van der Waals surface area contributed by atoms with E-state index in [2.05, 4.69) is 5.32 Å². The third-order valence-electron chi connectivity index (χ3n) is 2.66. The molecule has 5 heteroatoms. The topological polar surface area (TPSA) is 41.6 Å². The molecule has 0 aliphatic carbocycles. The number of esters is 1. The predicted molar refractivity (Wildman–Crippen MR) is 69.2 cm³/mol. The van der Waals surface area contributed by atoms with Gasteiger partial charge in [0.15, 0.2) is 0 Å². The van der Waals surface area contributed by atoms with Crippen molar-refractivity contribution in [3.8, 4) is 0 Å². The van der Waals surface area contributed by atoms with E-state index in [4.69, 9.17) is 4.74 Å². The van der Waals surface area contributed by atoms with Crippen molar-refractivity contribution in [2.75, 3.05) is 32.1 Å². The molecule has 100 valence electrons. The molecule has 0 bridgehead atoms. The number of carbonyl (C=O) groups is 1. The first kappa shape index (κ1) is 14.4. The number of hydrogen-bond donors (Lipinski definition) is 1. The molecule has 0 radical (unpaired) electrons. The van der Waals surface area contributed by atoms with Crippen molar-refractivity contribution in [3.05, 3.63) is 30.1 Å². The Bertz CT molecular complexity index is 381. The molecule has 18 heavy (non-hydrogen) atoms. The first-order valence-electron chi connectivity index (χ1n) is 5.86. The Hall–Kier alpha value is -1.62. The van der Waals surface area contributed by atoms with Crippen LogP contribution in [0, 0.1) is 5.82 Å². The van der Waals surface area contributed by atoms with Crippen LogP contribution in [0.15, 0.2) is 24.3 Å². The Morgan fingerprint density at radius 2 is 2.06 bits per heavy atom. The molecule has 0 spiro atoms. The summed E-state index contributed by atoms with van der Waals surface area (Å²) in [6.45, 7) is 3.07. The largest absolute Gasteiger partial charge is 0.468 e. The molecule has 1 atom stereocenters. The fourth-order valence-electron chi connectivity index (χ4n) is 1.69. The van der Waals surface area contributed by atoms with Crippen LogP contribution in [0.3, 0.4) is 0 Å². The van der Waals surface area contributed by atoms with E-state index in [0.717, 1.165) is 5.69 Å². The number of halogens is 1. The molecule has 0 aliphatic rings. The lowest BCUT2D eigenvalue weighted by Gasteiger charge is -2.24. The standard InChI is InChI=1S/C13H19FN2O2/c1-4-15-12(13(17)18-3)9-16(2)11-7-5-10(14)6-8-11/h5-8,12,15H,4,9H2,1-3H3. The summed E-state index contributed by atoms with van der Waals surface area (Å²) in [7, 11) is 3.21. The zero-order valence-corrected chi connectivity index (χ0v) is 10.9. The van der Waals surface area contributed by atoms with Crippen LogP contribution in [0.1, 0.15) is 6.92 Å². The number of carbonyl (C=O) groups excluding carboxylic acids is 1. The molecule has 1 aromatic carbocycles. The number of methoxy groups -OCH3 is 1. The molecule has 0 amide bonds. The van der Waals surface area contributed by atoms with E-state index in [0.29, 0.717) is 13.1 Å². The molecule has 1 rings (SSSR count). The van der Waals surface area contributed by atoms with Crippen LogP contribution >= 0.6 is 0 Å². The maximum absolute atomic E-state index is 12.8. The molecule has 1 N–H and O–H groups in total. The summed E-state index contributed by atoms with van der Waals surface area (Å²) in [5.41, 5.74) is 0.850. The molecule has 0 aromatic heterocycles. The Morgan fingerprint density at radius 3 is 2.56 bits per heavy atom. The molecule has 1 unspecified atom stereocenters. The minimum atomic E-state index is -0.393. The van der Waals surface area contributed by atoms with Gasteiger partial charge >= 0.3 is 5.97 Å². The summed E-state index contributed by atoms with van der Waals surface area (Å²) < 4.78 is 17.5. The minimum absolute atomic E-state index is 0.275. The van der Waals surface area contributed by atoms with Gasteiger partial charge in [-0.25, -0.2) is 4.39 Å². The molecular formula is C13H19FN2O2. The van der Waals surface area contributed by atoms with Gasteiger partial charge in [0, 0.05) is 19.3 Å². The molecule has 0 saturated heterocycles. The van der Waals surface area contributed by atoms with Gasteiger partial charge in [-0.05, 0) is 30.8 Å². The lowest BCUT2D eigenvalue weighted by Crippen LogP contribution is -2.45. The number of hydrogen-bond acceptors (Lipinski definition) is 4. The summed E-state index contributed by atoms with van der Waals surface area (Å²) in [6.07, 6.45) is 0. The minimum Gasteiger partial charge on any atom is -0.468 e. The molecule has 4 nitrogen and oxygen atoms in total. The van der Waals surface area contributed by atoms with Crippen LogP contribution in [-0.2, 0) is 9.53 Å². The van der Waals surface area contributed by atoms with E-state index in [1.54, 1.807) is 12.1 Å². The van der Waals surface area contributed by atoms with Crippen LogP contribution in [0.5, 0.6) is 0 Å². The van der Waals surface area contributed by atoms with E-state index < -0.39 is 6.04 Å². The van der Waals surface area contributed by atoms with Crippen molar-refractivity contribution in [3.63, 3.8) is 0 Å². The molecule has 0 fully saturated rings. The normalized spacial score (nSPS) is 12.0. The summed E-state index contributed by atoms with van der Waals surface area (Å²) >= 11 is 0. The van der Waals surface area contributed by atoms with Crippen LogP contribution in [0.4, 0.5) is 10.1 Å². The molecule has 0 heterocycles. The number of ether oxygens (including phenoxy) is 1. The van der Waals surface area contributed by atoms with E-state index in [1.165, 1.54) is 19.2 Å². The van der Waals surface area contributed by atoms with E-state index >= 15 is 0 Å². The highest BCUT2D eigenvalue weighted by Crippen LogP contribution is 2.13. The molecular weight excluding hydrogens is 235 g/mol. The predicted octanol–water partition coefficient (Wildman–Crippen LogP) is 1.41. The van der Waals surface area contributed by atoms with Crippen molar-refractivity contribution >= 4 is 11.7 Å². The number of nitrogens with one attached hydrogen (secondary N) is 1. The smallest absolute Gasteiger partial charge is 0.324 e. The third kappa shape index (κ3) is 4.00. The summed E-state index contributed by atoms with van der Waals surface area (Å²) in [5, 5.41) is 3.06. The summed E-state index contributed by atoms with van der Waals surface area (Å²) in [4.78, 5) is 13.4. The second kappa shape index (κ2) is 6.96. The lowest BCUT2D eigenvalue weighted by atomic mass is 10.2. The van der Waals surface area contributed by atoms with Gasteiger partial charge in [0.1, 0.15) is 11.9 Å². The number of rotatable bonds is 6. The average molecular weight is 254 g/mol. The first-order valence-corrected chi connectivity index (χ1v) is 5.86. The van der Waals surface area contributed by atoms with Gasteiger partial charge in [-0.3, -0.25) is 4.79 Å². The Balaban J connectivity index is 2.68. The zero-order chi connectivity index (χ0) is 13.5. The van der Waals surface area contributed by atoms with Gasteiger partial charge in [-0.2, -0.15) is 0 Å². The Labute approximate surface area is 107 Å². The van der Waals surface area contributed by atoms with Crippen molar-refractivity contribution in [1.82, 2.24) is 5.32 Å². The van der Waals surface area contributed by atoms with Crippen molar-refractivity contribution in [1.29, 1.82) is 0 Å². The van der Waals surface area contributed by atoms with Crippen molar-refractivity contribution in [2.45, 2.75) is 13.0 Å². The zero-order valence-electron chi connectivity index (χ0n) is 10.9. The van der Waals surface area contributed by atoms with Gasteiger partial charge in [0.05, 0.1) is 7.11 Å². The number of anilines is 1. The first-order chi connectivity index (χ1) is 8.58. The van der Waals surface area contributed by atoms with Crippen molar-refractivity contribution in [2.24, 2.45) is 0 Å². The number of benzene rings is 1. The highest BCUT2D eigenvalue weighted by atomic mass is 19.1. The van der Waals surface area contributed by atoms with E-state index in [1.807, 2.05) is 18.9 Å². The Morgan fingerprint density at radius 1 is 1.44 bits per heavy atom. The number of likely N-dealkylation sites (N-methyl/N-ethyl adjacent to an activating group) is 2. The fraction of sp³-hybridized carbons (Fsp3) is 0.462. The third-order valence-corrected chi connectivity index (χ3v) is 2.66. The Kier molecular flexibility index (Phi) is 5.58. The quantitative estimate of drug-likeness (QED) is 0.779. The molecule has 1 aromatic rings. The second-order valence-corrected chi connectivity index (χ2v) is 3.99. The summed E-state index contributed by atoms with van der Waals surface area (Å²) in [5.74, 6) is -0.575. The van der Waals surface area contributed by atoms with E-state index in [-0.39, 0.29) is 11.8 Å². The highest BCUT2D eigenvalue weighted by molar-refractivity contribution is 5.76. The van der Waals surface area contributed by atoms with Crippen LogP contribution < -0.4 is 10.2 Å². The molecule has 0 aliphatic heterocycles. The van der Waals surface area contributed by atoms with E-state index in [9.17, 15) is 9.18 Å². The lowest BCUT2D eigenvalue weighted by molar-refractivity contribution is -0.142. The fourth-order valence-corrected chi connectivity index (χ4v) is 1.69. The maximum atomic E-state index is 12.8. The number of nitrogens with zero attached hydrogens (tertiary/aromatic N) is 1. The van der Waals surface area contributed by atoms with Gasteiger partial charge in [0.2, 0.25) is 0 Å². The highest BCUT2D eigenvalue weighted by Gasteiger charge is 2.19.